The van der Waals surface area contributed by atoms with Crippen LogP contribution in [0, 0.1) is 5.82 Å². The predicted molar refractivity (Wildman–Crippen MR) is 80.4 cm³/mol. The minimum Gasteiger partial charge on any atom is -0.389 e. The molecule has 0 aromatic heterocycles. The summed E-state index contributed by atoms with van der Waals surface area (Å²) in [4.78, 5) is 13.3. The maximum Gasteiger partial charge on any atom is 0.239 e. The van der Waals surface area contributed by atoms with E-state index in [4.69, 9.17) is 22.7 Å². The van der Waals surface area contributed by atoms with E-state index < -0.39 is 5.82 Å². The van der Waals surface area contributed by atoms with Crippen molar-refractivity contribution in [1.29, 1.82) is 0 Å². The van der Waals surface area contributed by atoms with Crippen LogP contribution in [0.2, 0.25) is 0 Å². The minimum atomic E-state index is -0.498. The molecule has 0 heterocycles. The molecule has 0 unspecified atom stereocenters. The SMILES string of the molecule is COCCNC(=O)CN(C)c1cccc(F)c1C(N)=S. The van der Waals surface area contributed by atoms with E-state index in [0.29, 0.717) is 18.8 Å². The van der Waals surface area contributed by atoms with Crippen LogP contribution in [0.4, 0.5) is 10.1 Å². The Hall–Kier alpha value is -1.73. The first-order valence-electron chi connectivity index (χ1n) is 6.02. The lowest BCUT2D eigenvalue weighted by molar-refractivity contribution is -0.119. The number of amides is 1. The Morgan fingerprint density at radius 1 is 1.55 bits per heavy atom. The Balaban J connectivity index is 2.77. The highest BCUT2D eigenvalue weighted by Crippen LogP contribution is 2.22. The summed E-state index contributed by atoms with van der Waals surface area (Å²) in [6.45, 7) is 0.935. The van der Waals surface area contributed by atoms with Crippen LogP contribution in [0.1, 0.15) is 5.56 Å². The van der Waals surface area contributed by atoms with Crippen molar-refractivity contribution >= 4 is 28.8 Å². The number of halogens is 1. The van der Waals surface area contributed by atoms with Crippen LogP contribution in [-0.4, -0.2) is 44.7 Å². The number of hydrogen-bond donors (Lipinski definition) is 2. The first-order valence-corrected chi connectivity index (χ1v) is 6.43. The second-order valence-corrected chi connectivity index (χ2v) is 4.64. The first-order chi connectivity index (χ1) is 9.47. The molecule has 5 nitrogen and oxygen atoms in total. The Morgan fingerprint density at radius 3 is 2.85 bits per heavy atom. The zero-order valence-corrected chi connectivity index (χ0v) is 12.3. The second-order valence-electron chi connectivity index (χ2n) is 4.20. The number of nitrogens with zero attached hydrogens (tertiary/aromatic N) is 1. The fourth-order valence-electron chi connectivity index (χ4n) is 1.72. The molecule has 1 aromatic rings. The number of methoxy groups -OCH3 is 1. The van der Waals surface area contributed by atoms with Crippen molar-refractivity contribution in [2.24, 2.45) is 5.73 Å². The van der Waals surface area contributed by atoms with Crippen molar-refractivity contribution in [2.75, 3.05) is 38.8 Å². The van der Waals surface area contributed by atoms with Crippen molar-refractivity contribution in [3.05, 3.63) is 29.6 Å². The van der Waals surface area contributed by atoms with Crippen LogP contribution in [-0.2, 0) is 9.53 Å². The van der Waals surface area contributed by atoms with Crippen molar-refractivity contribution in [2.45, 2.75) is 0 Å². The lowest BCUT2D eigenvalue weighted by atomic mass is 10.1. The Kier molecular flexibility index (Phi) is 6.33. The maximum atomic E-state index is 13.7. The molecule has 0 atom stereocenters. The van der Waals surface area contributed by atoms with E-state index in [-0.39, 0.29) is 23.0 Å². The van der Waals surface area contributed by atoms with Gasteiger partial charge in [0.25, 0.3) is 0 Å². The van der Waals surface area contributed by atoms with E-state index in [2.05, 4.69) is 5.32 Å². The van der Waals surface area contributed by atoms with Gasteiger partial charge in [-0.2, -0.15) is 0 Å². The molecule has 0 saturated carbocycles. The standard InChI is InChI=1S/C13H18FN3O2S/c1-17(8-11(18)16-6-7-19-2)10-5-3-4-9(14)12(10)13(15)20/h3-5H,6-8H2,1-2H3,(H2,15,20)(H,16,18). The van der Waals surface area contributed by atoms with E-state index in [1.54, 1.807) is 31.2 Å². The Labute approximate surface area is 122 Å². The smallest absolute Gasteiger partial charge is 0.239 e. The Bertz CT molecular complexity index is 497. The molecule has 0 aliphatic heterocycles. The third-order valence-corrected chi connectivity index (χ3v) is 2.86. The first kappa shape index (κ1) is 16.3. The molecule has 0 radical (unpaired) electrons. The maximum absolute atomic E-state index is 13.7. The van der Waals surface area contributed by atoms with Gasteiger partial charge in [-0.05, 0) is 12.1 Å². The molecule has 110 valence electrons. The van der Waals surface area contributed by atoms with Crippen LogP contribution in [0.5, 0.6) is 0 Å². The molecule has 3 N–H and O–H groups in total. The van der Waals surface area contributed by atoms with Gasteiger partial charge < -0.3 is 20.7 Å². The summed E-state index contributed by atoms with van der Waals surface area (Å²) >= 11 is 4.85. The largest absolute Gasteiger partial charge is 0.389 e. The molecule has 0 aliphatic carbocycles. The fourth-order valence-corrected chi connectivity index (χ4v) is 1.93. The lowest BCUT2D eigenvalue weighted by Gasteiger charge is -2.21. The van der Waals surface area contributed by atoms with Gasteiger partial charge in [0, 0.05) is 20.7 Å². The molecule has 1 amide bonds. The summed E-state index contributed by atoms with van der Waals surface area (Å²) < 4.78 is 18.6. The number of ether oxygens (including phenoxy) is 1. The summed E-state index contributed by atoms with van der Waals surface area (Å²) in [5.74, 6) is -0.690. The predicted octanol–water partition coefficient (Wildman–Crippen LogP) is 0.659. The van der Waals surface area contributed by atoms with Crippen molar-refractivity contribution in [3.8, 4) is 0 Å². The van der Waals surface area contributed by atoms with Gasteiger partial charge in [-0.25, -0.2) is 4.39 Å². The van der Waals surface area contributed by atoms with Crippen LogP contribution >= 0.6 is 12.2 Å². The van der Waals surface area contributed by atoms with Gasteiger partial charge in [0.05, 0.1) is 24.4 Å². The van der Waals surface area contributed by atoms with Gasteiger partial charge in [-0.3, -0.25) is 4.79 Å². The van der Waals surface area contributed by atoms with Crippen LogP contribution in [0.3, 0.4) is 0 Å². The van der Waals surface area contributed by atoms with Gasteiger partial charge >= 0.3 is 0 Å². The third-order valence-electron chi connectivity index (χ3n) is 2.66. The van der Waals surface area contributed by atoms with Crippen molar-refractivity contribution < 1.29 is 13.9 Å². The van der Waals surface area contributed by atoms with Crippen LogP contribution in [0.25, 0.3) is 0 Å². The monoisotopic (exact) mass is 299 g/mol. The van der Waals surface area contributed by atoms with Gasteiger partial charge in [0.2, 0.25) is 5.91 Å². The van der Waals surface area contributed by atoms with Crippen LogP contribution < -0.4 is 16.0 Å². The molecule has 7 heteroatoms. The molecule has 0 saturated heterocycles. The Morgan fingerprint density at radius 2 is 2.25 bits per heavy atom. The number of benzene rings is 1. The van der Waals surface area contributed by atoms with Crippen LogP contribution in [0.15, 0.2) is 18.2 Å². The highest BCUT2D eigenvalue weighted by Gasteiger charge is 2.16. The van der Waals surface area contributed by atoms with Crippen molar-refractivity contribution in [1.82, 2.24) is 5.32 Å². The van der Waals surface area contributed by atoms with E-state index in [1.165, 1.54) is 6.07 Å². The molecule has 0 spiro atoms. The molecular weight excluding hydrogens is 281 g/mol. The average Bonchev–Trinajstić information content (AvgIpc) is 2.38. The van der Waals surface area contributed by atoms with Crippen molar-refractivity contribution in [3.63, 3.8) is 0 Å². The number of carbonyl (C=O) groups excluding carboxylic acids is 1. The number of anilines is 1. The summed E-state index contributed by atoms with van der Waals surface area (Å²) in [5.41, 5.74) is 6.16. The van der Waals surface area contributed by atoms with E-state index in [9.17, 15) is 9.18 Å². The normalized spacial score (nSPS) is 10.2. The van der Waals surface area contributed by atoms with E-state index in [0.717, 1.165) is 0 Å². The minimum absolute atomic E-state index is 0.0373. The molecule has 1 aromatic carbocycles. The zero-order chi connectivity index (χ0) is 15.1. The van der Waals surface area contributed by atoms with Gasteiger partial charge in [-0.1, -0.05) is 18.3 Å². The summed E-state index contributed by atoms with van der Waals surface area (Å²) in [6, 6.07) is 4.50. The molecule has 1 rings (SSSR count). The number of rotatable bonds is 7. The number of thiocarbonyl (C=S) groups is 1. The van der Waals surface area contributed by atoms with Gasteiger partial charge in [0.1, 0.15) is 10.8 Å². The second kappa shape index (κ2) is 7.76. The van der Waals surface area contributed by atoms with E-state index >= 15 is 0 Å². The summed E-state index contributed by atoms with van der Waals surface area (Å²) in [7, 11) is 3.23. The number of nitrogens with one attached hydrogen (secondary N) is 1. The van der Waals surface area contributed by atoms with Gasteiger partial charge in [0.15, 0.2) is 0 Å². The highest BCUT2D eigenvalue weighted by atomic mass is 32.1. The molecule has 0 aliphatic rings. The molecule has 20 heavy (non-hydrogen) atoms. The number of carbonyl (C=O) groups is 1. The average molecular weight is 299 g/mol. The zero-order valence-electron chi connectivity index (χ0n) is 11.5. The van der Waals surface area contributed by atoms with Gasteiger partial charge in [-0.15, -0.1) is 0 Å². The number of hydrogen-bond acceptors (Lipinski definition) is 4. The lowest BCUT2D eigenvalue weighted by Crippen LogP contribution is -2.37. The number of nitrogens with two attached hydrogens (primary N) is 1. The topological polar surface area (TPSA) is 67.6 Å². The molecular formula is C13H18FN3O2S. The summed E-state index contributed by atoms with van der Waals surface area (Å²) in [6.07, 6.45) is 0. The third kappa shape index (κ3) is 4.43. The highest BCUT2D eigenvalue weighted by molar-refractivity contribution is 7.80. The summed E-state index contributed by atoms with van der Waals surface area (Å²) in [5, 5.41) is 2.68. The fraction of sp³-hybridized carbons (Fsp3) is 0.385. The van der Waals surface area contributed by atoms with E-state index in [1.807, 2.05) is 0 Å². The molecule has 0 fully saturated rings. The molecule has 0 bridgehead atoms. The number of likely N-dealkylation sites (N-methyl/N-ethyl adjacent to an activating group) is 1. The quantitative estimate of drug-likeness (QED) is 0.572.